The molecular weight excluding hydrogens is 266 g/mol. The molecule has 1 N–H and O–H groups in total. The highest BCUT2D eigenvalue weighted by Crippen LogP contribution is 2.67. The molecule has 0 amide bonds. The minimum atomic E-state index is -5.61. The first-order valence-electron chi connectivity index (χ1n) is 5.32. The van der Waals surface area contributed by atoms with Gasteiger partial charge in [-0.3, -0.25) is 4.79 Å². The van der Waals surface area contributed by atoms with Gasteiger partial charge in [-0.2, -0.15) is 26.3 Å². The van der Waals surface area contributed by atoms with Crippen LogP contribution in [0.5, 0.6) is 0 Å². The van der Waals surface area contributed by atoms with Crippen LogP contribution in [0.1, 0.15) is 27.2 Å². The average molecular weight is 280 g/mol. The van der Waals surface area contributed by atoms with Crippen LogP contribution in [0.2, 0.25) is 0 Å². The van der Waals surface area contributed by atoms with Crippen LogP contribution in [0.25, 0.3) is 0 Å². The predicted molar refractivity (Wildman–Crippen MR) is 50.8 cm³/mol. The molecule has 108 valence electrons. The molecule has 0 aromatic carbocycles. The van der Waals surface area contributed by atoms with E-state index in [0.717, 1.165) is 6.92 Å². The molecule has 2 nitrogen and oxygen atoms in total. The summed E-state index contributed by atoms with van der Waals surface area (Å²) < 4.78 is 75.2. The summed E-state index contributed by atoms with van der Waals surface area (Å²) in [5.41, 5.74) is -4.11. The van der Waals surface area contributed by atoms with Gasteiger partial charge in [0.2, 0.25) is 0 Å². The maximum atomic E-state index is 12.5. The Hall–Kier alpha value is -0.950. The first kappa shape index (κ1) is 17.1. The largest absolute Gasteiger partial charge is 0.481 e. The molecular formula is C10H14F6O2. The normalized spacial score (nSPS) is 26.7. The van der Waals surface area contributed by atoms with E-state index in [2.05, 4.69) is 0 Å². The van der Waals surface area contributed by atoms with E-state index in [9.17, 15) is 31.1 Å². The molecule has 1 saturated carbocycles. The monoisotopic (exact) mass is 280 g/mol. The van der Waals surface area contributed by atoms with Crippen LogP contribution in [-0.2, 0) is 4.79 Å². The van der Waals surface area contributed by atoms with Crippen molar-refractivity contribution in [1.29, 1.82) is 0 Å². The molecule has 1 rings (SSSR count). The van der Waals surface area contributed by atoms with E-state index in [0.29, 0.717) is 0 Å². The lowest BCUT2D eigenvalue weighted by atomic mass is 9.52. The van der Waals surface area contributed by atoms with Gasteiger partial charge in [0.1, 0.15) is 0 Å². The molecule has 2 atom stereocenters. The van der Waals surface area contributed by atoms with Crippen molar-refractivity contribution in [2.24, 2.45) is 17.3 Å². The summed E-state index contributed by atoms with van der Waals surface area (Å²) in [7, 11) is 0. The number of rotatable bonds is 1. The summed E-state index contributed by atoms with van der Waals surface area (Å²) in [6.07, 6.45) is -11.8. The molecule has 0 aliphatic heterocycles. The molecule has 1 aliphatic carbocycles. The quantitative estimate of drug-likeness (QED) is 0.740. The smallest absolute Gasteiger partial charge is 0.404 e. The third kappa shape index (κ3) is 2.16. The number of halogens is 6. The van der Waals surface area contributed by atoms with Gasteiger partial charge in [0.05, 0.1) is 5.92 Å². The van der Waals surface area contributed by atoms with E-state index in [-0.39, 0.29) is 0 Å². The van der Waals surface area contributed by atoms with Gasteiger partial charge < -0.3 is 5.11 Å². The lowest BCUT2D eigenvalue weighted by molar-refractivity contribution is -0.401. The van der Waals surface area contributed by atoms with Crippen molar-refractivity contribution in [3.05, 3.63) is 0 Å². The summed E-state index contributed by atoms with van der Waals surface area (Å²) in [4.78, 5) is 10.4. The first-order chi connectivity index (χ1) is 7.96. The lowest BCUT2D eigenvalue weighted by Crippen LogP contribution is -2.67. The van der Waals surface area contributed by atoms with E-state index in [1.165, 1.54) is 0 Å². The Morgan fingerprint density at radius 3 is 1.56 bits per heavy atom. The van der Waals surface area contributed by atoms with E-state index in [1.54, 1.807) is 0 Å². The van der Waals surface area contributed by atoms with Crippen LogP contribution in [0.15, 0.2) is 0 Å². The molecule has 0 spiro atoms. The number of carboxylic acids is 1. The first-order valence-corrected chi connectivity index (χ1v) is 5.32. The Morgan fingerprint density at radius 1 is 1.11 bits per heavy atom. The van der Waals surface area contributed by atoms with E-state index < -0.39 is 42.0 Å². The second-order valence-corrected chi connectivity index (χ2v) is 3.89. The summed E-state index contributed by atoms with van der Waals surface area (Å²) >= 11 is 0. The molecule has 0 aromatic rings. The zero-order valence-electron chi connectivity index (χ0n) is 9.99. The van der Waals surface area contributed by atoms with Gasteiger partial charge in [-0.1, -0.05) is 20.8 Å². The highest BCUT2D eigenvalue weighted by molar-refractivity contribution is 5.73. The third-order valence-corrected chi connectivity index (χ3v) is 3.15. The van der Waals surface area contributed by atoms with Crippen LogP contribution in [0.3, 0.4) is 0 Å². The number of alkyl halides is 6. The Morgan fingerprint density at radius 2 is 1.44 bits per heavy atom. The van der Waals surface area contributed by atoms with Crippen LogP contribution in [0, 0.1) is 17.3 Å². The summed E-state index contributed by atoms with van der Waals surface area (Å²) in [5, 5.41) is 8.41. The summed E-state index contributed by atoms with van der Waals surface area (Å²) in [6.45, 7) is 4.76. The maximum Gasteiger partial charge on any atom is 0.404 e. The molecule has 0 bridgehead atoms. The van der Waals surface area contributed by atoms with Crippen molar-refractivity contribution in [1.82, 2.24) is 0 Å². The van der Waals surface area contributed by atoms with E-state index >= 15 is 0 Å². The summed E-state index contributed by atoms with van der Waals surface area (Å²) in [5.74, 6) is -6.27. The molecule has 0 saturated heterocycles. The topological polar surface area (TPSA) is 37.3 Å². The van der Waals surface area contributed by atoms with Gasteiger partial charge in [-0.05, 0) is 12.3 Å². The Bertz CT molecular complexity index is 292. The fourth-order valence-electron chi connectivity index (χ4n) is 2.32. The van der Waals surface area contributed by atoms with Crippen molar-refractivity contribution >= 4 is 5.97 Å². The molecule has 0 heterocycles. The van der Waals surface area contributed by atoms with Crippen LogP contribution in [0.4, 0.5) is 26.3 Å². The molecule has 0 aromatic heterocycles. The van der Waals surface area contributed by atoms with Crippen LogP contribution >= 0.6 is 0 Å². The average Bonchev–Trinajstić information content (AvgIpc) is 2.12. The van der Waals surface area contributed by atoms with Crippen molar-refractivity contribution in [3.63, 3.8) is 0 Å². The molecule has 1 fully saturated rings. The van der Waals surface area contributed by atoms with Crippen molar-refractivity contribution in [2.75, 3.05) is 0 Å². The van der Waals surface area contributed by atoms with Gasteiger partial charge in [-0.25, -0.2) is 0 Å². The number of carboxylic acid groups (broad SMARTS) is 1. The fraction of sp³-hybridized carbons (Fsp3) is 0.900. The molecule has 2 unspecified atom stereocenters. The third-order valence-electron chi connectivity index (χ3n) is 3.15. The van der Waals surface area contributed by atoms with Gasteiger partial charge in [0.15, 0.2) is 5.41 Å². The van der Waals surface area contributed by atoms with Gasteiger partial charge in [-0.15, -0.1) is 0 Å². The standard InChI is InChI=1S/C8H8F6O2.C2H6/c1-3-2-4(5(15)16)6(3,7(9,10)11)8(12,13)14;1-2/h3-4H,2H2,1H3,(H,15,16);1-2H3. The zero-order valence-corrected chi connectivity index (χ0v) is 9.99. The zero-order chi connectivity index (χ0) is 14.9. The molecule has 8 heteroatoms. The molecule has 1 aliphatic rings. The van der Waals surface area contributed by atoms with Gasteiger partial charge in [0.25, 0.3) is 0 Å². The van der Waals surface area contributed by atoms with Crippen LogP contribution in [-0.4, -0.2) is 23.4 Å². The minimum Gasteiger partial charge on any atom is -0.481 e. The number of hydrogen-bond donors (Lipinski definition) is 1. The van der Waals surface area contributed by atoms with Gasteiger partial charge in [0, 0.05) is 0 Å². The highest BCUT2D eigenvalue weighted by atomic mass is 19.4. The second kappa shape index (κ2) is 4.97. The van der Waals surface area contributed by atoms with E-state index in [1.807, 2.05) is 13.8 Å². The fourth-order valence-corrected chi connectivity index (χ4v) is 2.32. The van der Waals surface area contributed by atoms with Crippen molar-refractivity contribution in [3.8, 4) is 0 Å². The second-order valence-electron chi connectivity index (χ2n) is 3.89. The van der Waals surface area contributed by atoms with Crippen LogP contribution < -0.4 is 0 Å². The summed E-state index contributed by atoms with van der Waals surface area (Å²) in [6, 6.07) is 0. The number of carbonyl (C=O) groups is 1. The van der Waals surface area contributed by atoms with Crippen molar-refractivity contribution in [2.45, 2.75) is 39.5 Å². The lowest BCUT2D eigenvalue weighted by Gasteiger charge is -2.53. The number of hydrogen-bond acceptors (Lipinski definition) is 1. The SMILES string of the molecule is CC.CC1CC(C(=O)O)C1(C(F)(F)F)C(F)(F)F. The molecule has 18 heavy (non-hydrogen) atoms. The van der Waals surface area contributed by atoms with Gasteiger partial charge >= 0.3 is 18.3 Å². The Balaban J connectivity index is 0.00000137. The number of aliphatic carboxylic acids is 1. The highest BCUT2D eigenvalue weighted by Gasteiger charge is 2.82. The minimum absolute atomic E-state index is 0.617. The van der Waals surface area contributed by atoms with E-state index in [4.69, 9.17) is 5.11 Å². The Labute approximate surface area is 100.0 Å². The maximum absolute atomic E-state index is 12.5. The van der Waals surface area contributed by atoms with Crippen molar-refractivity contribution < 1.29 is 36.2 Å². The Kier molecular flexibility index (Phi) is 4.71. The molecule has 0 radical (unpaired) electrons. The predicted octanol–water partition coefficient (Wildman–Crippen LogP) is 3.86.